The molecule has 4 heteroatoms. The van der Waals surface area contributed by atoms with Crippen LogP contribution in [0.4, 0.5) is 0 Å². The molecule has 0 N–H and O–H groups in total. The number of carbonyl (C=O) groups excluding carboxylic acids is 2. The Morgan fingerprint density at radius 1 is 1.33 bits per heavy atom. The zero-order valence-corrected chi connectivity index (χ0v) is 11.1. The fourth-order valence-electron chi connectivity index (χ4n) is 2.35. The summed E-state index contributed by atoms with van der Waals surface area (Å²) in [5.41, 5.74) is 2.06. The highest BCUT2D eigenvalue weighted by Gasteiger charge is 2.18. The van der Waals surface area contributed by atoms with E-state index < -0.39 is 0 Å². The van der Waals surface area contributed by atoms with Gasteiger partial charge in [-0.2, -0.15) is 0 Å². The molecule has 0 saturated heterocycles. The zero-order valence-electron chi connectivity index (χ0n) is 11.1. The molecule has 0 aliphatic heterocycles. The van der Waals surface area contributed by atoms with Crippen LogP contribution in [0, 0.1) is 0 Å². The second kappa shape index (κ2) is 5.38. The van der Waals surface area contributed by atoms with E-state index in [-0.39, 0.29) is 11.7 Å². The van der Waals surface area contributed by atoms with E-state index in [1.54, 1.807) is 19.0 Å². The minimum Gasteiger partial charge on any atom is -0.353 e. The second-order valence-electron chi connectivity index (χ2n) is 5.10. The summed E-state index contributed by atoms with van der Waals surface area (Å²) in [5, 5.41) is 0. The summed E-state index contributed by atoms with van der Waals surface area (Å²) in [6, 6.07) is 0. The average molecular weight is 248 g/mol. The van der Waals surface area contributed by atoms with Crippen LogP contribution in [0.25, 0.3) is 0 Å². The topological polar surface area (TPSA) is 42.3 Å². The van der Waals surface area contributed by atoms with Crippen LogP contribution in [0.3, 0.4) is 0 Å². The summed E-state index contributed by atoms with van der Waals surface area (Å²) in [6.07, 6.45) is 8.03. The predicted octanol–water partition coefficient (Wildman–Crippen LogP) is 1.88. The van der Waals surface area contributed by atoms with Gasteiger partial charge in [0.05, 0.1) is 0 Å². The molecule has 0 saturated carbocycles. The van der Waals surface area contributed by atoms with E-state index in [2.05, 4.69) is 10.8 Å². The molecule has 1 aliphatic carbocycles. The number of carbonyl (C=O) groups is 2. The molecule has 0 fully saturated rings. The lowest BCUT2D eigenvalue weighted by atomic mass is 9.95. The normalized spacial score (nSPS) is 14.4. The number of Topliss-reactive ketones (excluding diaryl/α,β-unsaturated/α-hetero) is 1. The first-order valence-electron chi connectivity index (χ1n) is 6.50. The Hall–Kier alpha value is -1.58. The van der Waals surface area contributed by atoms with Crippen LogP contribution in [-0.4, -0.2) is 35.3 Å². The number of hydrogen-bond acceptors (Lipinski definition) is 2. The van der Waals surface area contributed by atoms with Gasteiger partial charge in [0.2, 0.25) is 5.91 Å². The van der Waals surface area contributed by atoms with Gasteiger partial charge in [0.25, 0.3) is 0 Å². The fraction of sp³-hybridized carbons (Fsp3) is 0.571. The molecule has 0 unspecified atom stereocenters. The van der Waals surface area contributed by atoms with Crippen LogP contribution in [0.1, 0.15) is 41.6 Å². The van der Waals surface area contributed by atoms with Crippen molar-refractivity contribution >= 4 is 11.7 Å². The summed E-state index contributed by atoms with van der Waals surface area (Å²) in [7, 11) is 3.55. The summed E-state index contributed by atoms with van der Waals surface area (Å²) >= 11 is 0. The van der Waals surface area contributed by atoms with Crippen molar-refractivity contribution in [3.8, 4) is 0 Å². The SMILES string of the molecule is CN(C)C(=O)CCCn1cc2c(c1)C(=O)CCC2. The van der Waals surface area contributed by atoms with Gasteiger partial charge in [0.15, 0.2) is 5.78 Å². The zero-order chi connectivity index (χ0) is 13.1. The number of nitrogens with zero attached hydrogens (tertiary/aromatic N) is 2. The first-order valence-corrected chi connectivity index (χ1v) is 6.50. The van der Waals surface area contributed by atoms with Crippen LogP contribution in [0.5, 0.6) is 0 Å². The van der Waals surface area contributed by atoms with Gasteiger partial charge in [-0.1, -0.05) is 0 Å². The monoisotopic (exact) mass is 248 g/mol. The fourth-order valence-corrected chi connectivity index (χ4v) is 2.35. The molecule has 4 nitrogen and oxygen atoms in total. The van der Waals surface area contributed by atoms with Gasteiger partial charge < -0.3 is 9.47 Å². The van der Waals surface area contributed by atoms with E-state index in [0.29, 0.717) is 12.8 Å². The van der Waals surface area contributed by atoms with E-state index in [1.165, 1.54) is 5.56 Å². The lowest BCUT2D eigenvalue weighted by molar-refractivity contribution is -0.128. The molecule has 1 heterocycles. The van der Waals surface area contributed by atoms with Crippen molar-refractivity contribution in [1.82, 2.24) is 9.47 Å². The number of amides is 1. The van der Waals surface area contributed by atoms with Crippen molar-refractivity contribution in [2.45, 2.75) is 38.6 Å². The van der Waals surface area contributed by atoms with E-state index in [4.69, 9.17) is 0 Å². The van der Waals surface area contributed by atoms with E-state index in [9.17, 15) is 9.59 Å². The standard InChI is InChI=1S/C14H20N2O2/c1-15(2)14(18)7-4-8-16-9-11-5-3-6-13(17)12(11)10-16/h9-10H,3-8H2,1-2H3. The van der Waals surface area contributed by atoms with Gasteiger partial charge in [-0.15, -0.1) is 0 Å². The first kappa shape index (κ1) is 12.9. The van der Waals surface area contributed by atoms with Crippen LogP contribution >= 0.6 is 0 Å². The molecular formula is C14H20N2O2. The number of rotatable bonds is 4. The van der Waals surface area contributed by atoms with Gasteiger partial charge in [0.1, 0.15) is 0 Å². The maximum atomic E-state index is 11.7. The quantitative estimate of drug-likeness (QED) is 0.816. The van der Waals surface area contributed by atoms with Gasteiger partial charge in [-0.3, -0.25) is 9.59 Å². The number of aryl methyl sites for hydroxylation is 2. The minimum absolute atomic E-state index is 0.156. The highest BCUT2D eigenvalue weighted by atomic mass is 16.2. The maximum Gasteiger partial charge on any atom is 0.222 e. The van der Waals surface area contributed by atoms with Crippen molar-refractivity contribution in [2.75, 3.05) is 14.1 Å². The van der Waals surface area contributed by atoms with Crippen LogP contribution < -0.4 is 0 Å². The number of aromatic nitrogens is 1. The lowest BCUT2D eigenvalue weighted by Crippen LogP contribution is -2.21. The molecule has 98 valence electrons. The van der Waals surface area contributed by atoms with Crippen molar-refractivity contribution < 1.29 is 9.59 Å². The van der Waals surface area contributed by atoms with Gasteiger partial charge in [0, 0.05) is 51.4 Å². The average Bonchev–Trinajstić information content (AvgIpc) is 2.73. The Kier molecular flexibility index (Phi) is 3.84. The molecule has 1 aromatic rings. The van der Waals surface area contributed by atoms with Crippen LogP contribution in [-0.2, 0) is 17.8 Å². The van der Waals surface area contributed by atoms with Gasteiger partial charge >= 0.3 is 0 Å². The summed E-state index contributed by atoms with van der Waals surface area (Å²) in [4.78, 5) is 24.8. The molecule has 0 spiro atoms. The Bertz CT molecular complexity index is 460. The predicted molar refractivity (Wildman–Crippen MR) is 69.6 cm³/mol. The molecule has 0 bridgehead atoms. The van der Waals surface area contributed by atoms with E-state index in [1.807, 2.05) is 6.20 Å². The Labute approximate surface area is 108 Å². The minimum atomic E-state index is 0.156. The Morgan fingerprint density at radius 3 is 2.78 bits per heavy atom. The summed E-state index contributed by atoms with van der Waals surface area (Å²) in [5.74, 6) is 0.419. The summed E-state index contributed by atoms with van der Waals surface area (Å²) < 4.78 is 2.05. The molecule has 1 amide bonds. The van der Waals surface area contributed by atoms with Crippen LogP contribution in [0.2, 0.25) is 0 Å². The number of hydrogen-bond donors (Lipinski definition) is 0. The smallest absolute Gasteiger partial charge is 0.222 e. The molecule has 0 radical (unpaired) electrons. The Morgan fingerprint density at radius 2 is 2.11 bits per heavy atom. The van der Waals surface area contributed by atoms with E-state index >= 15 is 0 Å². The molecular weight excluding hydrogens is 228 g/mol. The molecule has 0 aromatic carbocycles. The van der Waals surface area contributed by atoms with Gasteiger partial charge in [-0.05, 0) is 24.8 Å². The molecule has 0 atom stereocenters. The second-order valence-corrected chi connectivity index (χ2v) is 5.10. The summed E-state index contributed by atoms with van der Waals surface area (Å²) in [6.45, 7) is 0.805. The van der Waals surface area contributed by atoms with Crippen molar-refractivity contribution in [3.63, 3.8) is 0 Å². The molecule has 1 aliphatic rings. The van der Waals surface area contributed by atoms with Gasteiger partial charge in [-0.25, -0.2) is 0 Å². The Balaban J connectivity index is 1.91. The van der Waals surface area contributed by atoms with E-state index in [0.717, 1.165) is 31.4 Å². The molecule has 18 heavy (non-hydrogen) atoms. The molecule has 1 aromatic heterocycles. The maximum absolute atomic E-state index is 11.7. The highest BCUT2D eigenvalue weighted by Crippen LogP contribution is 2.22. The lowest BCUT2D eigenvalue weighted by Gasteiger charge is -2.09. The largest absolute Gasteiger partial charge is 0.353 e. The number of ketones is 1. The van der Waals surface area contributed by atoms with Crippen molar-refractivity contribution in [3.05, 3.63) is 23.5 Å². The first-order chi connectivity index (χ1) is 8.58. The molecule has 2 rings (SSSR count). The van der Waals surface area contributed by atoms with Crippen molar-refractivity contribution in [2.24, 2.45) is 0 Å². The third kappa shape index (κ3) is 2.81. The number of fused-ring (bicyclic) bond motifs is 1. The van der Waals surface area contributed by atoms with Crippen molar-refractivity contribution in [1.29, 1.82) is 0 Å². The highest BCUT2D eigenvalue weighted by molar-refractivity contribution is 5.98. The third-order valence-electron chi connectivity index (χ3n) is 3.42. The van der Waals surface area contributed by atoms with Crippen LogP contribution in [0.15, 0.2) is 12.4 Å². The third-order valence-corrected chi connectivity index (χ3v) is 3.42.